The first kappa shape index (κ1) is 58.5. The van der Waals surface area contributed by atoms with Crippen LogP contribution in [0.4, 0.5) is 0 Å². The Morgan fingerprint density at radius 1 is 0.721 bits per heavy atom. The number of ether oxygens (including phenoxy) is 2. The molecule has 5 nitrogen and oxygen atoms in total. The van der Waals surface area contributed by atoms with Gasteiger partial charge < -0.3 is 20.5 Å². The van der Waals surface area contributed by atoms with E-state index in [2.05, 4.69) is 178 Å². The summed E-state index contributed by atoms with van der Waals surface area (Å²) in [5, 5.41) is 3.12. The molecule has 0 spiro atoms. The summed E-state index contributed by atoms with van der Waals surface area (Å²) in [4.78, 5) is 15.7. The van der Waals surface area contributed by atoms with Crippen LogP contribution in [0.1, 0.15) is 195 Å². The van der Waals surface area contributed by atoms with Gasteiger partial charge in [0.25, 0.3) is 0 Å². The Balaban J connectivity index is 1.57. The van der Waals surface area contributed by atoms with Crippen LogP contribution in [0.2, 0.25) is 0 Å². The van der Waals surface area contributed by atoms with Crippen molar-refractivity contribution >= 4 is 45.0 Å². The highest BCUT2D eigenvalue weighted by Crippen LogP contribution is 2.71. The SMILES string of the molecule is CCC(C)(COC(C)(C)CC)CSCCCS1(CCCSC(C)(CC)CCOC(C)(C)CC)C2=C(C=C=C=C2)c2ccc(C(C)(CC)c3ccc(CCCC(=O)NCCCCCCN)cc3)cc21. The standard InChI is InChI=1S/C60H96N2O3S3/c1-13-56(6,7)64-40-37-59(11,16-4)67-42-26-44-68(43-25-41-66-47-58(10,15-3)46-65-57(8,9)14-2)53-29-21-20-28-51(53)52-36-35-50(45-54(52)68)60(12,17-5)49-33-31-48(32-34-49)27-24-30-55(63)62-39-23-19-18-22-38-61/h28-29,31-36,45H,13-19,22-27,30,37-44,46-47,61H2,1-12H3,(H,62,63). The number of nitrogens with two attached hydrogens (primary N) is 1. The number of allylic oxidation sites excluding steroid dienone is 3. The predicted molar refractivity (Wildman–Crippen MR) is 303 cm³/mol. The summed E-state index contributed by atoms with van der Waals surface area (Å²) in [6, 6.07) is 16.9. The number of nitrogens with one attached hydrogen (secondary N) is 1. The molecule has 4 unspecified atom stereocenters. The van der Waals surface area contributed by atoms with Gasteiger partial charge in [-0.25, -0.2) is 0 Å². The molecule has 1 heterocycles. The van der Waals surface area contributed by atoms with Gasteiger partial charge in [-0.3, -0.25) is 4.79 Å². The average Bonchev–Trinajstić information content (AvgIpc) is 3.61. The fourth-order valence-electron chi connectivity index (χ4n) is 9.05. The molecular formula is C60H96N2O3S3. The Kier molecular flexibility index (Phi) is 23.8. The van der Waals surface area contributed by atoms with Crippen molar-refractivity contribution in [1.82, 2.24) is 5.32 Å². The molecule has 0 saturated heterocycles. The van der Waals surface area contributed by atoms with E-state index in [0.29, 0.717) is 6.42 Å². The van der Waals surface area contributed by atoms with Crippen LogP contribution in [-0.4, -0.2) is 76.9 Å². The Hall–Kier alpha value is -2.12. The molecule has 1 amide bonds. The maximum absolute atomic E-state index is 12.5. The molecule has 8 heteroatoms. The van der Waals surface area contributed by atoms with Crippen LogP contribution in [0.5, 0.6) is 0 Å². The molecule has 1 aliphatic heterocycles. The van der Waals surface area contributed by atoms with Gasteiger partial charge in [0.2, 0.25) is 5.91 Å². The molecule has 4 atom stereocenters. The minimum absolute atomic E-state index is 0.0686. The Bertz CT molecular complexity index is 2010. The second-order valence-electron chi connectivity index (χ2n) is 21.8. The topological polar surface area (TPSA) is 73.6 Å². The van der Waals surface area contributed by atoms with Crippen molar-refractivity contribution < 1.29 is 14.3 Å². The van der Waals surface area contributed by atoms with Gasteiger partial charge in [-0.15, -0.1) is 0 Å². The lowest BCUT2D eigenvalue weighted by Crippen LogP contribution is -2.33. The molecule has 0 radical (unpaired) electrons. The maximum Gasteiger partial charge on any atom is 0.220 e. The van der Waals surface area contributed by atoms with E-state index in [9.17, 15) is 4.79 Å². The number of carbonyl (C=O) groups is 1. The molecule has 3 N–H and O–H groups in total. The van der Waals surface area contributed by atoms with Crippen molar-refractivity contribution in [2.75, 3.05) is 55.1 Å². The van der Waals surface area contributed by atoms with Crippen LogP contribution >= 0.6 is 33.6 Å². The Labute approximate surface area is 427 Å². The normalized spacial score (nSPS) is 19.2. The van der Waals surface area contributed by atoms with Crippen molar-refractivity contribution in [3.05, 3.63) is 93.2 Å². The molecule has 382 valence electrons. The van der Waals surface area contributed by atoms with Crippen LogP contribution in [0.25, 0.3) is 5.57 Å². The smallest absolute Gasteiger partial charge is 0.220 e. The van der Waals surface area contributed by atoms with Crippen molar-refractivity contribution in [2.24, 2.45) is 11.1 Å². The van der Waals surface area contributed by atoms with E-state index in [-0.39, 0.29) is 32.7 Å². The number of aryl methyl sites for hydroxylation is 1. The second-order valence-corrected chi connectivity index (χ2v) is 28.1. The molecule has 2 aromatic carbocycles. The third-order valence-electron chi connectivity index (χ3n) is 15.7. The summed E-state index contributed by atoms with van der Waals surface area (Å²) >= 11 is 4.31. The largest absolute Gasteiger partial charge is 0.376 e. The van der Waals surface area contributed by atoms with Gasteiger partial charge in [0.1, 0.15) is 0 Å². The minimum Gasteiger partial charge on any atom is -0.376 e. The highest BCUT2D eigenvalue weighted by atomic mass is 32.3. The highest BCUT2D eigenvalue weighted by molar-refractivity contribution is 8.37. The zero-order valence-corrected chi connectivity index (χ0v) is 47.6. The summed E-state index contributed by atoms with van der Waals surface area (Å²) in [6.07, 6.45) is 20.0. The van der Waals surface area contributed by atoms with Gasteiger partial charge in [0, 0.05) is 56.9 Å². The second kappa shape index (κ2) is 27.6. The number of thioether (sulfide) groups is 2. The lowest BCUT2D eigenvalue weighted by atomic mass is 9.74. The number of benzene rings is 2. The number of unbranched alkanes of at least 4 members (excludes halogenated alkanes) is 3. The van der Waals surface area contributed by atoms with Crippen molar-refractivity contribution in [3.63, 3.8) is 0 Å². The molecule has 2 aliphatic rings. The number of carbonyl (C=O) groups excluding carboxylic acids is 1. The first-order valence-electron chi connectivity index (χ1n) is 26.8. The van der Waals surface area contributed by atoms with E-state index in [1.165, 1.54) is 57.1 Å². The molecule has 1 aliphatic carbocycles. The molecular weight excluding hydrogens is 893 g/mol. The lowest BCUT2D eigenvalue weighted by molar-refractivity contribution is -0.121. The van der Waals surface area contributed by atoms with E-state index in [0.717, 1.165) is 121 Å². The Morgan fingerprint density at radius 3 is 2.04 bits per heavy atom. The summed E-state index contributed by atoms with van der Waals surface area (Å²) in [6.45, 7) is 30.8. The molecule has 0 aromatic heterocycles. The monoisotopic (exact) mass is 989 g/mol. The van der Waals surface area contributed by atoms with Gasteiger partial charge in [-0.2, -0.15) is 33.6 Å². The molecule has 68 heavy (non-hydrogen) atoms. The van der Waals surface area contributed by atoms with Crippen LogP contribution in [-0.2, 0) is 26.1 Å². The van der Waals surface area contributed by atoms with Crippen molar-refractivity contribution in [1.29, 1.82) is 0 Å². The Morgan fingerprint density at radius 2 is 1.38 bits per heavy atom. The highest BCUT2D eigenvalue weighted by Gasteiger charge is 2.41. The van der Waals surface area contributed by atoms with E-state index < -0.39 is 10.0 Å². The van der Waals surface area contributed by atoms with Crippen molar-refractivity contribution in [2.45, 2.75) is 206 Å². The molecule has 0 fully saturated rings. The van der Waals surface area contributed by atoms with Crippen molar-refractivity contribution in [3.8, 4) is 0 Å². The average molecular weight is 990 g/mol. The summed E-state index contributed by atoms with van der Waals surface area (Å²) in [5.41, 5.74) is 19.2. The van der Waals surface area contributed by atoms with E-state index in [4.69, 9.17) is 15.2 Å². The van der Waals surface area contributed by atoms with E-state index >= 15 is 0 Å². The third-order valence-corrected chi connectivity index (χ3v) is 23.2. The van der Waals surface area contributed by atoms with Crippen LogP contribution < -0.4 is 11.1 Å². The van der Waals surface area contributed by atoms with Crippen LogP contribution in [0.3, 0.4) is 0 Å². The fourth-order valence-corrected chi connectivity index (χ4v) is 16.3. The number of fused-ring (bicyclic) bond motifs is 2. The van der Waals surface area contributed by atoms with Gasteiger partial charge >= 0.3 is 0 Å². The zero-order valence-electron chi connectivity index (χ0n) is 45.2. The van der Waals surface area contributed by atoms with Gasteiger partial charge in [-0.1, -0.05) is 116 Å². The van der Waals surface area contributed by atoms with Gasteiger partial charge in [-0.05, 0) is 174 Å². The van der Waals surface area contributed by atoms with Crippen LogP contribution in [0.15, 0.2) is 75.9 Å². The number of hydrogen-bond acceptors (Lipinski definition) is 6. The maximum atomic E-state index is 12.5. The first-order valence-corrected chi connectivity index (χ1v) is 30.9. The molecule has 4 rings (SSSR count). The predicted octanol–water partition coefficient (Wildman–Crippen LogP) is 15.8. The van der Waals surface area contributed by atoms with Gasteiger partial charge in [0.05, 0.1) is 17.8 Å². The number of rotatable bonds is 35. The van der Waals surface area contributed by atoms with Gasteiger partial charge in [0.15, 0.2) is 0 Å². The lowest BCUT2D eigenvalue weighted by Gasteiger charge is -2.41. The van der Waals surface area contributed by atoms with E-state index in [1.54, 1.807) is 4.90 Å². The molecule has 0 saturated carbocycles. The van der Waals surface area contributed by atoms with E-state index in [1.807, 2.05) is 0 Å². The fraction of sp³-hybridized carbons (Fsp3) is 0.683. The quantitative estimate of drug-likeness (QED) is 0.0530. The molecule has 0 bridgehead atoms. The van der Waals surface area contributed by atoms with Crippen LogP contribution in [0, 0.1) is 5.41 Å². The third kappa shape index (κ3) is 16.7. The summed E-state index contributed by atoms with van der Waals surface area (Å²) < 4.78 is 13.1. The summed E-state index contributed by atoms with van der Waals surface area (Å²) in [5.74, 6) is 5.99. The number of amides is 1. The summed E-state index contributed by atoms with van der Waals surface area (Å²) in [7, 11) is -1.37. The minimum atomic E-state index is -1.37. The molecule has 2 aromatic rings. The zero-order chi connectivity index (χ0) is 49.9. The number of hydrogen-bond donors (Lipinski definition) is 2. The first-order chi connectivity index (χ1) is 32.4.